The third-order valence-corrected chi connectivity index (χ3v) is 9.67. The molecule has 0 saturated carbocycles. The first kappa shape index (κ1) is 38.8. The van der Waals surface area contributed by atoms with E-state index in [2.05, 4.69) is 15.5 Å². The minimum atomic E-state index is -5.08. The van der Waals surface area contributed by atoms with Crippen molar-refractivity contribution in [2.75, 3.05) is 6.26 Å². The van der Waals surface area contributed by atoms with Crippen LogP contribution in [0.4, 0.5) is 26.3 Å². The van der Waals surface area contributed by atoms with Crippen LogP contribution in [-0.2, 0) is 35.2 Å². The van der Waals surface area contributed by atoms with E-state index in [1.54, 1.807) is 61.5 Å². The lowest BCUT2D eigenvalue weighted by molar-refractivity contribution is -0.143. The van der Waals surface area contributed by atoms with Gasteiger partial charge in [-0.2, -0.15) is 31.3 Å². The molecule has 6 aromatic rings. The topological polar surface area (TPSA) is 111 Å². The molecule has 0 aliphatic rings. The zero-order valence-corrected chi connectivity index (χ0v) is 29.9. The number of alkyl halides is 6. The Bertz CT molecular complexity index is 2380. The monoisotopic (exact) mass is 779 g/mol. The second-order valence-corrected chi connectivity index (χ2v) is 14.7. The van der Waals surface area contributed by atoms with Crippen molar-refractivity contribution < 1.29 is 48.8 Å². The van der Waals surface area contributed by atoms with Crippen LogP contribution in [0.15, 0.2) is 125 Å². The maximum absolute atomic E-state index is 14.1. The molecule has 1 aromatic heterocycles. The number of aryl methyl sites for hydroxylation is 1. The Morgan fingerprint density at radius 2 is 1.33 bits per heavy atom. The third kappa shape index (κ3) is 9.59. The molecular formula is C40H31F6N3O5S. The zero-order chi connectivity index (χ0) is 39.5. The molecule has 1 heterocycles. The molecule has 0 fully saturated rings. The molecule has 0 bridgehead atoms. The van der Waals surface area contributed by atoms with Crippen LogP contribution in [0.25, 0.3) is 22.3 Å². The first-order valence-electron chi connectivity index (χ1n) is 16.6. The highest BCUT2D eigenvalue weighted by atomic mass is 32.2. The van der Waals surface area contributed by atoms with Crippen LogP contribution in [0.1, 0.15) is 50.4 Å². The Hall–Kier alpha value is -5.96. The van der Waals surface area contributed by atoms with E-state index in [0.29, 0.717) is 12.1 Å². The van der Waals surface area contributed by atoms with Crippen molar-refractivity contribution >= 4 is 15.7 Å². The molecular weight excluding hydrogens is 749 g/mol. The van der Waals surface area contributed by atoms with Gasteiger partial charge in [-0.1, -0.05) is 78.0 Å². The van der Waals surface area contributed by atoms with Crippen molar-refractivity contribution in [2.45, 2.75) is 43.2 Å². The average Bonchev–Trinajstić information content (AvgIpc) is 3.59. The fraction of sp³-hybridized carbons (Fsp3) is 0.175. The summed E-state index contributed by atoms with van der Waals surface area (Å²) in [6, 6.07) is 26.5. The SMILES string of the molecule is Cc1noc([C@@H](Cc2ccc(-c3ccc(S(C)(=O)=O)cc3)cc2)NC(=O)c2cc(-c3cc(C(F)(F)F)cc(C(F)(F)F)c3)ccc2OCc2ccccc2)n1. The van der Waals surface area contributed by atoms with Gasteiger partial charge in [0.05, 0.1) is 21.6 Å². The molecule has 1 N–H and O–H groups in total. The van der Waals surface area contributed by atoms with Crippen molar-refractivity contribution in [1.29, 1.82) is 0 Å². The Kier molecular flexibility index (Phi) is 10.9. The number of sulfone groups is 1. The van der Waals surface area contributed by atoms with Crippen LogP contribution in [0.2, 0.25) is 0 Å². The molecule has 0 aliphatic carbocycles. The van der Waals surface area contributed by atoms with Gasteiger partial charge in [0.15, 0.2) is 15.7 Å². The summed E-state index contributed by atoms with van der Waals surface area (Å²) in [5, 5.41) is 6.67. The smallest absolute Gasteiger partial charge is 0.416 e. The number of aromatic nitrogens is 2. The number of nitrogens with one attached hydrogen (secondary N) is 1. The minimum absolute atomic E-state index is 0.00212. The van der Waals surface area contributed by atoms with E-state index in [0.717, 1.165) is 28.5 Å². The summed E-state index contributed by atoms with van der Waals surface area (Å²) in [7, 11) is -3.37. The lowest BCUT2D eigenvalue weighted by Crippen LogP contribution is -2.30. The molecule has 6 rings (SSSR count). The Labute approximate surface area is 311 Å². The summed E-state index contributed by atoms with van der Waals surface area (Å²) in [6.07, 6.45) is -8.91. The number of carbonyl (C=O) groups is 1. The van der Waals surface area contributed by atoms with Gasteiger partial charge in [-0.25, -0.2) is 8.42 Å². The second kappa shape index (κ2) is 15.4. The van der Waals surface area contributed by atoms with Crippen LogP contribution in [0.5, 0.6) is 5.75 Å². The number of rotatable bonds is 11. The number of nitrogens with zero attached hydrogens (tertiary/aromatic N) is 2. The van der Waals surface area contributed by atoms with Gasteiger partial charge in [0.1, 0.15) is 18.4 Å². The Balaban J connectivity index is 1.34. The summed E-state index contributed by atoms with van der Waals surface area (Å²) in [4.78, 5) is 18.6. The predicted molar refractivity (Wildman–Crippen MR) is 191 cm³/mol. The van der Waals surface area contributed by atoms with Gasteiger partial charge < -0.3 is 14.6 Å². The molecule has 15 heteroatoms. The van der Waals surface area contributed by atoms with E-state index in [4.69, 9.17) is 9.26 Å². The molecule has 0 radical (unpaired) electrons. The largest absolute Gasteiger partial charge is 0.488 e. The van der Waals surface area contributed by atoms with Gasteiger partial charge in [-0.15, -0.1) is 0 Å². The van der Waals surface area contributed by atoms with E-state index < -0.39 is 50.8 Å². The fourth-order valence-corrected chi connectivity index (χ4v) is 6.35. The van der Waals surface area contributed by atoms with Gasteiger partial charge in [0, 0.05) is 12.7 Å². The molecule has 0 saturated heterocycles. The highest BCUT2D eigenvalue weighted by molar-refractivity contribution is 7.90. The number of hydrogen-bond donors (Lipinski definition) is 1. The molecule has 55 heavy (non-hydrogen) atoms. The van der Waals surface area contributed by atoms with E-state index in [9.17, 15) is 39.6 Å². The zero-order valence-electron chi connectivity index (χ0n) is 29.1. The summed E-state index contributed by atoms with van der Waals surface area (Å²) in [6.45, 7) is 1.58. The Morgan fingerprint density at radius 3 is 1.87 bits per heavy atom. The maximum Gasteiger partial charge on any atom is 0.416 e. The molecule has 284 valence electrons. The summed E-state index contributed by atoms with van der Waals surface area (Å²) in [5.41, 5.74) is -0.683. The van der Waals surface area contributed by atoms with Crippen molar-refractivity contribution in [2.24, 2.45) is 0 Å². The average molecular weight is 780 g/mol. The summed E-state index contributed by atoms with van der Waals surface area (Å²) < 4.78 is 118. The van der Waals surface area contributed by atoms with Crippen molar-refractivity contribution in [3.05, 3.63) is 155 Å². The molecule has 1 amide bonds. The summed E-state index contributed by atoms with van der Waals surface area (Å²) >= 11 is 0. The standard InChI is InChI=1S/C40H31F6N3O5S/c1-24-47-38(54-49-24)35(18-25-8-10-27(11-9-25)28-12-15-33(16-13-28)55(2,51)52)48-37(50)34-21-29(14-17-36(34)53-23-26-6-4-3-5-7-26)30-19-31(39(41,42)43)22-32(20-30)40(44,45)46/h3-17,19-22,35H,18,23H2,1-2H3,(H,48,50)/t35-/m1/s1. The predicted octanol–water partition coefficient (Wildman–Crippen LogP) is 9.45. The normalized spacial score (nSPS) is 12.7. The lowest BCUT2D eigenvalue weighted by atomic mass is 9.97. The first-order valence-corrected chi connectivity index (χ1v) is 18.4. The van der Waals surface area contributed by atoms with Crippen molar-refractivity contribution in [3.63, 3.8) is 0 Å². The van der Waals surface area contributed by atoms with E-state index >= 15 is 0 Å². The van der Waals surface area contributed by atoms with Gasteiger partial charge in [-0.05, 0) is 82.8 Å². The summed E-state index contributed by atoms with van der Waals surface area (Å²) in [5.74, 6) is -0.445. The van der Waals surface area contributed by atoms with Crippen LogP contribution in [-0.4, -0.2) is 30.7 Å². The van der Waals surface area contributed by atoms with Crippen LogP contribution in [0.3, 0.4) is 0 Å². The second-order valence-electron chi connectivity index (χ2n) is 12.7. The number of benzene rings is 5. The van der Waals surface area contributed by atoms with Gasteiger partial charge in [0.2, 0.25) is 5.89 Å². The molecule has 1 atom stereocenters. The van der Waals surface area contributed by atoms with E-state index in [1.807, 2.05) is 12.1 Å². The highest BCUT2D eigenvalue weighted by Crippen LogP contribution is 2.39. The first-order chi connectivity index (χ1) is 25.9. The Morgan fingerprint density at radius 1 is 0.745 bits per heavy atom. The minimum Gasteiger partial charge on any atom is -0.488 e. The highest BCUT2D eigenvalue weighted by Gasteiger charge is 2.37. The quantitative estimate of drug-likeness (QED) is 0.131. The number of ether oxygens (including phenoxy) is 1. The number of halogens is 6. The number of hydrogen-bond acceptors (Lipinski definition) is 7. The van der Waals surface area contributed by atoms with Gasteiger partial charge in [-0.3, -0.25) is 4.79 Å². The van der Waals surface area contributed by atoms with Crippen LogP contribution >= 0.6 is 0 Å². The maximum atomic E-state index is 14.1. The fourth-order valence-electron chi connectivity index (χ4n) is 5.72. The molecule has 5 aromatic carbocycles. The van der Waals surface area contributed by atoms with Crippen LogP contribution < -0.4 is 10.1 Å². The van der Waals surface area contributed by atoms with Gasteiger partial charge in [0.25, 0.3) is 5.91 Å². The van der Waals surface area contributed by atoms with E-state index in [1.165, 1.54) is 30.3 Å². The molecule has 0 spiro atoms. The molecule has 0 unspecified atom stereocenters. The number of carbonyl (C=O) groups excluding carboxylic acids is 1. The van der Waals surface area contributed by atoms with Crippen molar-refractivity contribution in [1.82, 2.24) is 15.5 Å². The van der Waals surface area contributed by atoms with Gasteiger partial charge >= 0.3 is 12.4 Å². The van der Waals surface area contributed by atoms with E-state index in [-0.39, 0.29) is 52.6 Å². The molecule has 8 nitrogen and oxygen atoms in total. The van der Waals surface area contributed by atoms with Crippen molar-refractivity contribution in [3.8, 4) is 28.0 Å². The lowest BCUT2D eigenvalue weighted by Gasteiger charge is -2.19. The van der Waals surface area contributed by atoms with Crippen LogP contribution in [0, 0.1) is 6.92 Å². The number of amides is 1. The molecule has 0 aliphatic heterocycles. The third-order valence-electron chi connectivity index (χ3n) is 8.54.